The van der Waals surface area contributed by atoms with Crippen LogP contribution in [0.1, 0.15) is 34.3 Å². The molecule has 0 radical (unpaired) electrons. The van der Waals surface area contributed by atoms with Gasteiger partial charge in [-0.3, -0.25) is 4.79 Å². The number of rotatable bonds is 0. The zero-order valence-corrected chi connectivity index (χ0v) is 7.76. The van der Waals surface area contributed by atoms with Crippen molar-refractivity contribution in [3.05, 3.63) is 28.8 Å². The molecule has 1 aromatic carbocycles. The molecular weight excluding hydrogens is 162 g/mol. The molecule has 0 unspecified atom stereocenters. The minimum Gasteiger partial charge on any atom is -0.398 e. The predicted octanol–water partition coefficient (Wildman–Crippen LogP) is 2.10. The van der Waals surface area contributed by atoms with Crippen LogP contribution in [0.25, 0.3) is 0 Å². The fraction of sp³-hybridized carbons (Fsp3) is 0.364. The van der Waals surface area contributed by atoms with Gasteiger partial charge in [0.1, 0.15) is 0 Å². The SMILES string of the molecule is Cc1cc(N)c2c(c1)C(=O)CCC2. The molecule has 68 valence electrons. The highest BCUT2D eigenvalue weighted by Crippen LogP contribution is 2.27. The van der Waals surface area contributed by atoms with Gasteiger partial charge in [-0.1, -0.05) is 0 Å². The quantitative estimate of drug-likeness (QED) is 0.613. The van der Waals surface area contributed by atoms with Gasteiger partial charge >= 0.3 is 0 Å². The molecule has 1 aliphatic rings. The molecule has 2 rings (SSSR count). The number of aryl methyl sites for hydroxylation is 1. The van der Waals surface area contributed by atoms with Gasteiger partial charge in [0, 0.05) is 17.7 Å². The average Bonchev–Trinajstić information content (AvgIpc) is 2.07. The Labute approximate surface area is 77.8 Å². The number of hydrogen-bond acceptors (Lipinski definition) is 2. The first-order chi connectivity index (χ1) is 6.18. The summed E-state index contributed by atoms with van der Waals surface area (Å²) in [5.41, 5.74) is 9.62. The van der Waals surface area contributed by atoms with Crippen LogP contribution in [-0.4, -0.2) is 5.78 Å². The minimum atomic E-state index is 0.247. The molecule has 0 saturated carbocycles. The van der Waals surface area contributed by atoms with Gasteiger partial charge in [-0.2, -0.15) is 0 Å². The van der Waals surface area contributed by atoms with Crippen LogP contribution in [0.4, 0.5) is 5.69 Å². The highest BCUT2D eigenvalue weighted by atomic mass is 16.1. The van der Waals surface area contributed by atoms with Crippen LogP contribution in [0.2, 0.25) is 0 Å². The number of hydrogen-bond donors (Lipinski definition) is 1. The first-order valence-corrected chi connectivity index (χ1v) is 4.60. The topological polar surface area (TPSA) is 43.1 Å². The number of carbonyl (C=O) groups is 1. The van der Waals surface area contributed by atoms with E-state index in [1.165, 1.54) is 0 Å². The van der Waals surface area contributed by atoms with Crippen molar-refractivity contribution in [2.75, 3.05) is 5.73 Å². The summed E-state index contributed by atoms with van der Waals surface area (Å²) in [4.78, 5) is 11.5. The van der Waals surface area contributed by atoms with Crippen LogP contribution in [0, 0.1) is 6.92 Å². The molecule has 0 spiro atoms. The van der Waals surface area contributed by atoms with Crippen molar-refractivity contribution < 1.29 is 4.79 Å². The Morgan fingerprint density at radius 2 is 2.08 bits per heavy atom. The molecule has 0 atom stereocenters. The maximum Gasteiger partial charge on any atom is 0.163 e. The van der Waals surface area contributed by atoms with Gasteiger partial charge in [-0.25, -0.2) is 0 Å². The lowest BCUT2D eigenvalue weighted by Crippen LogP contribution is -2.13. The second kappa shape index (κ2) is 2.87. The van der Waals surface area contributed by atoms with Crippen LogP contribution in [0.15, 0.2) is 12.1 Å². The van der Waals surface area contributed by atoms with E-state index < -0.39 is 0 Å². The molecule has 0 aliphatic heterocycles. The van der Waals surface area contributed by atoms with Gasteiger partial charge < -0.3 is 5.73 Å². The van der Waals surface area contributed by atoms with Crippen LogP contribution < -0.4 is 5.73 Å². The van der Waals surface area contributed by atoms with Crippen molar-refractivity contribution in [3.63, 3.8) is 0 Å². The number of benzene rings is 1. The molecule has 0 bridgehead atoms. The van der Waals surface area contributed by atoms with Crippen molar-refractivity contribution in [3.8, 4) is 0 Å². The van der Waals surface area contributed by atoms with Crippen molar-refractivity contribution in [2.24, 2.45) is 0 Å². The number of ketones is 1. The van der Waals surface area contributed by atoms with Crippen molar-refractivity contribution in [2.45, 2.75) is 26.2 Å². The Bertz CT molecular complexity index is 369. The summed E-state index contributed by atoms with van der Waals surface area (Å²) in [6.07, 6.45) is 2.57. The largest absolute Gasteiger partial charge is 0.398 e. The summed E-state index contributed by atoms with van der Waals surface area (Å²) in [5.74, 6) is 0.247. The standard InChI is InChI=1S/C11H13NO/c1-7-5-9-8(10(12)6-7)3-2-4-11(9)13/h5-6H,2-4,12H2,1H3. The van der Waals surface area contributed by atoms with E-state index in [1.54, 1.807) is 0 Å². The molecule has 0 aromatic heterocycles. The molecule has 0 amide bonds. The zero-order valence-electron chi connectivity index (χ0n) is 7.76. The van der Waals surface area contributed by atoms with Gasteiger partial charge in [-0.05, 0) is 43.0 Å². The van der Waals surface area contributed by atoms with Gasteiger partial charge in [0.2, 0.25) is 0 Å². The smallest absolute Gasteiger partial charge is 0.163 e. The van der Waals surface area contributed by atoms with Crippen molar-refractivity contribution in [1.29, 1.82) is 0 Å². The fourth-order valence-corrected chi connectivity index (χ4v) is 1.93. The Hall–Kier alpha value is -1.31. The maximum atomic E-state index is 11.5. The van der Waals surface area contributed by atoms with Gasteiger partial charge in [0.15, 0.2) is 5.78 Å². The lowest BCUT2D eigenvalue weighted by Gasteiger charge is -2.17. The highest BCUT2D eigenvalue weighted by molar-refractivity contribution is 5.99. The number of anilines is 1. The van der Waals surface area contributed by atoms with Crippen LogP contribution in [0.3, 0.4) is 0 Å². The Morgan fingerprint density at radius 1 is 1.31 bits per heavy atom. The van der Waals surface area contributed by atoms with E-state index >= 15 is 0 Å². The highest BCUT2D eigenvalue weighted by Gasteiger charge is 2.18. The fourth-order valence-electron chi connectivity index (χ4n) is 1.93. The summed E-state index contributed by atoms with van der Waals surface area (Å²) in [7, 11) is 0. The third-order valence-corrected chi connectivity index (χ3v) is 2.56. The number of Topliss-reactive ketones (excluding diaryl/α,β-unsaturated/α-hetero) is 1. The first-order valence-electron chi connectivity index (χ1n) is 4.60. The predicted molar refractivity (Wildman–Crippen MR) is 52.9 cm³/mol. The second-order valence-corrected chi connectivity index (χ2v) is 3.66. The van der Waals surface area contributed by atoms with E-state index in [-0.39, 0.29) is 5.78 Å². The van der Waals surface area contributed by atoms with E-state index in [1.807, 2.05) is 19.1 Å². The van der Waals surface area contributed by atoms with E-state index in [0.717, 1.165) is 35.2 Å². The van der Waals surface area contributed by atoms with Gasteiger partial charge in [-0.15, -0.1) is 0 Å². The van der Waals surface area contributed by atoms with E-state index in [9.17, 15) is 4.79 Å². The van der Waals surface area contributed by atoms with Crippen molar-refractivity contribution >= 4 is 11.5 Å². The lowest BCUT2D eigenvalue weighted by atomic mass is 9.88. The molecule has 1 aliphatic carbocycles. The average molecular weight is 175 g/mol. The number of carbonyl (C=O) groups excluding carboxylic acids is 1. The number of fused-ring (bicyclic) bond motifs is 1. The van der Waals surface area contributed by atoms with Crippen LogP contribution >= 0.6 is 0 Å². The van der Waals surface area contributed by atoms with Gasteiger partial charge in [0.05, 0.1) is 0 Å². The van der Waals surface area contributed by atoms with Crippen LogP contribution in [0.5, 0.6) is 0 Å². The summed E-state index contributed by atoms with van der Waals surface area (Å²) in [6.45, 7) is 1.97. The summed E-state index contributed by atoms with van der Waals surface area (Å²) >= 11 is 0. The minimum absolute atomic E-state index is 0.247. The van der Waals surface area contributed by atoms with Crippen molar-refractivity contribution in [1.82, 2.24) is 0 Å². The lowest BCUT2D eigenvalue weighted by molar-refractivity contribution is 0.0972. The zero-order chi connectivity index (χ0) is 9.42. The third-order valence-electron chi connectivity index (χ3n) is 2.56. The van der Waals surface area contributed by atoms with E-state index in [2.05, 4.69) is 0 Å². The maximum absolute atomic E-state index is 11.5. The molecule has 0 saturated heterocycles. The Kier molecular flexibility index (Phi) is 1.83. The van der Waals surface area contributed by atoms with Gasteiger partial charge in [0.25, 0.3) is 0 Å². The Balaban J connectivity index is 2.63. The Morgan fingerprint density at radius 3 is 2.85 bits per heavy atom. The van der Waals surface area contributed by atoms with E-state index in [0.29, 0.717) is 6.42 Å². The second-order valence-electron chi connectivity index (χ2n) is 3.66. The summed E-state index contributed by atoms with van der Waals surface area (Å²) in [5, 5.41) is 0. The molecule has 1 aromatic rings. The number of nitrogens with two attached hydrogens (primary N) is 1. The molecule has 0 heterocycles. The molecule has 2 N–H and O–H groups in total. The monoisotopic (exact) mass is 175 g/mol. The van der Waals surface area contributed by atoms with Crippen LogP contribution in [-0.2, 0) is 6.42 Å². The molecule has 2 nitrogen and oxygen atoms in total. The normalized spacial score (nSPS) is 15.6. The van der Waals surface area contributed by atoms with E-state index in [4.69, 9.17) is 5.73 Å². The molecule has 2 heteroatoms. The first kappa shape index (κ1) is 8.30. The summed E-state index contributed by atoms with van der Waals surface area (Å²) in [6, 6.07) is 3.89. The molecular formula is C11H13NO. The summed E-state index contributed by atoms with van der Waals surface area (Å²) < 4.78 is 0. The molecule has 0 fully saturated rings. The third kappa shape index (κ3) is 1.32. The number of nitrogen functional groups attached to an aromatic ring is 1. The molecule has 13 heavy (non-hydrogen) atoms.